The fraction of sp³-hybridized carbons (Fsp3) is 0.241. The van der Waals surface area contributed by atoms with Crippen molar-refractivity contribution in [2.45, 2.75) is 25.7 Å². The largest absolute Gasteiger partial charge is 0.494 e. The summed E-state index contributed by atoms with van der Waals surface area (Å²) in [5, 5.41) is 10.0. The van der Waals surface area contributed by atoms with Gasteiger partial charge in [0, 0.05) is 36.0 Å². The third kappa shape index (κ3) is 4.24. The molecule has 0 aliphatic carbocycles. The van der Waals surface area contributed by atoms with Crippen LogP contribution in [0.1, 0.15) is 35.8 Å². The van der Waals surface area contributed by atoms with Gasteiger partial charge in [-0.1, -0.05) is 12.1 Å². The number of aromatic nitrogens is 5. The van der Waals surface area contributed by atoms with E-state index in [2.05, 4.69) is 37.0 Å². The second-order valence-corrected chi connectivity index (χ2v) is 9.54. The predicted molar refractivity (Wildman–Crippen MR) is 143 cm³/mol. The molecule has 6 rings (SSSR count). The van der Waals surface area contributed by atoms with E-state index in [-0.39, 0.29) is 11.7 Å². The minimum absolute atomic E-state index is 0.222. The summed E-state index contributed by atoms with van der Waals surface area (Å²) in [5.74, 6) is 1.95. The Morgan fingerprint density at radius 3 is 2.50 bits per heavy atom. The summed E-state index contributed by atoms with van der Waals surface area (Å²) in [5.41, 5.74) is 5.77. The molecule has 4 heterocycles. The maximum atomic E-state index is 14.3. The van der Waals surface area contributed by atoms with Gasteiger partial charge in [0.15, 0.2) is 11.6 Å². The molecule has 0 atom stereocenters. The summed E-state index contributed by atoms with van der Waals surface area (Å²) in [6, 6.07) is 16.7. The Morgan fingerprint density at radius 2 is 1.79 bits per heavy atom. The van der Waals surface area contributed by atoms with Gasteiger partial charge in [0.25, 0.3) is 0 Å². The number of benzene rings is 2. The summed E-state index contributed by atoms with van der Waals surface area (Å²) in [6.07, 6.45) is 3.43. The summed E-state index contributed by atoms with van der Waals surface area (Å²) in [7, 11) is 1.46. The van der Waals surface area contributed by atoms with Gasteiger partial charge in [-0.25, -0.2) is 19.3 Å². The SMILES string of the molecule is COc1ccc(-c2nc(C3CCN(c4ncnc5[nH]c(-c6ccc(C#N)cc6)cc45)CC3)[nH]c2C)cc1F. The van der Waals surface area contributed by atoms with Crippen LogP contribution in [0.4, 0.5) is 10.2 Å². The molecule has 2 N–H and O–H groups in total. The van der Waals surface area contributed by atoms with Crippen LogP contribution >= 0.6 is 0 Å². The van der Waals surface area contributed by atoms with Crippen molar-refractivity contribution in [2.75, 3.05) is 25.1 Å². The van der Waals surface area contributed by atoms with Gasteiger partial charge in [-0.15, -0.1) is 0 Å². The number of methoxy groups -OCH3 is 1. The van der Waals surface area contributed by atoms with E-state index in [0.717, 1.165) is 76.8 Å². The third-order valence-electron chi connectivity index (χ3n) is 7.24. The van der Waals surface area contributed by atoms with Crippen LogP contribution in [0.2, 0.25) is 0 Å². The first-order valence-corrected chi connectivity index (χ1v) is 12.5. The average molecular weight is 508 g/mol. The molecule has 38 heavy (non-hydrogen) atoms. The zero-order chi connectivity index (χ0) is 26.2. The van der Waals surface area contributed by atoms with Crippen LogP contribution in [-0.2, 0) is 0 Å². The molecule has 2 aromatic carbocycles. The van der Waals surface area contributed by atoms with Crippen LogP contribution in [-0.4, -0.2) is 45.1 Å². The van der Waals surface area contributed by atoms with Crippen LogP contribution in [0.3, 0.4) is 0 Å². The highest BCUT2D eigenvalue weighted by molar-refractivity contribution is 5.92. The normalized spacial score (nSPS) is 14.1. The van der Waals surface area contributed by atoms with Gasteiger partial charge in [-0.05, 0) is 61.7 Å². The highest BCUT2D eigenvalue weighted by atomic mass is 19.1. The molecule has 9 heteroatoms. The molecule has 1 saturated heterocycles. The van der Waals surface area contributed by atoms with Gasteiger partial charge in [-0.2, -0.15) is 5.26 Å². The zero-order valence-corrected chi connectivity index (χ0v) is 21.1. The predicted octanol–water partition coefficient (Wildman–Crippen LogP) is 5.73. The molecule has 5 aromatic rings. The van der Waals surface area contributed by atoms with E-state index in [4.69, 9.17) is 15.0 Å². The lowest BCUT2D eigenvalue weighted by atomic mass is 9.96. The number of nitriles is 1. The maximum absolute atomic E-state index is 14.3. The second-order valence-electron chi connectivity index (χ2n) is 9.54. The number of hydrogen-bond acceptors (Lipinski definition) is 6. The molecule has 190 valence electrons. The summed E-state index contributed by atoms with van der Waals surface area (Å²) >= 11 is 0. The number of piperidine rings is 1. The molecular weight excluding hydrogens is 481 g/mol. The Hall–Kier alpha value is -4.71. The van der Waals surface area contributed by atoms with E-state index in [1.54, 1.807) is 12.4 Å². The molecule has 8 nitrogen and oxygen atoms in total. The standard InChI is InChI=1S/C29H26FN7O/c1-17-26(21-7-8-25(38-2)23(30)13-21)36-27(34-17)20-9-11-37(12-10-20)29-22-14-24(35-28(22)32-16-33-29)19-5-3-18(15-31)4-6-19/h3-8,13-14,16,20H,9-12H2,1-2H3,(H,34,36)(H,32,33,35). The van der Waals surface area contributed by atoms with Gasteiger partial charge < -0.3 is 19.6 Å². The number of imidazole rings is 1. The Kier molecular flexibility index (Phi) is 6.00. The lowest BCUT2D eigenvalue weighted by molar-refractivity contribution is 0.386. The molecule has 0 bridgehead atoms. The van der Waals surface area contributed by atoms with Crippen molar-refractivity contribution in [2.24, 2.45) is 0 Å². The van der Waals surface area contributed by atoms with E-state index in [9.17, 15) is 4.39 Å². The number of halogens is 1. The smallest absolute Gasteiger partial charge is 0.165 e. The van der Waals surface area contributed by atoms with Crippen LogP contribution in [0.5, 0.6) is 5.75 Å². The van der Waals surface area contributed by atoms with E-state index in [0.29, 0.717) is 5.56 Å². The quantitative estimate of drug-likeness (QED) is 0.315. The number of nitrogens with one attached hydrogen (secondary N) is 2. The molecule has 0 unspecified atom stereocenters. The molecule has 0 saturated carbocycles. The highest BCUT2D eigenvalue weighted by Crippen LogP contribution is 2.35. The van der Waals surface area contributed by atoms with E-state index >= 15 is 0 Å². The third-order valence-corrected chi connectivity index (χ3v) is 7.24. The number of aromatic amines is 2. The Morgan fingerprint density at radius 1 is 1.03 bits per heavy atom. The molecule has 3 aromatic heterocycles. The molecule has 1 aliphatic heterocycles. The minimum Gasteiger partial charge on any atom is -0.494 e. The van der Waals surface area contributed by atoms with Crippen LogP contribution in [0, 0.1) is 24.1 Å². The lowest BCUT2D eigenvalue weighted by Gasteiger charge is -2.32. The number of fused-ring (bicyclic) bond motifs is 1. The molecule has 0 radical (unpaired) electrons. The van der Waals surface area contributed by atoms with E-state index in [1.165, 1.54) is 13.2 Å². The lowest BCUT2D eigenvalue weighted by Crippen LogP contribution is -2.33. The van der Waals surface area contributed by atoms with Crippen molar-refractivity contribution in [1.82, 2.24) is 24.9 Å². The van der Waals surface area contributed by atoms with Crippen molar-refractivity contribution >= 4 is 16.9 Å². The maximum Gasteiger partial charge on any atom is 0.165 e. The molecule has 0 spiro atoms. The van der Waals surface area contributed by atoms with Gasteiger partial charge in [0.2, 0.25) is 0 Å². The number of H-pyrrole nitrogens is 2. The Balaban J connectivity index is 1.20. The topological polar surface area (TPSA) is 107 Å². The number of hydrogen-bond donors (Lipinski definition) is 2. The first kappa shape index (κ1) is 23.7. The summed E-state index contributed by atoms with van der Waals surface area (Å²) in [4.78, 5) is 23.1. The van der Waals surface area contributed by atoms with E-state index in [1.807, 2.05) is 37.3 Å². The molecular formula is C29H26FN7O. The fourth-order valence-electron chi connectivity index (χ4n) is 5.19. The van der Waals surface area contributed by atoms with Gasteiger partial charge in [-0.3, -0.25) is 0 Å². The van der Waals surface area contributed by atoms with Crippen molar-refractivity contribution in [3.8, 4) is 34.3 Å². The van der Waals surface area contributed by atoms with E-state index < -0.39 is 5.82 Å². The molecule has 0 amide bonds. The number of ether oxygens (including phenoxy) is 1. The minimum atomic E-state index is -0.398. The average Bonchev–Trinajstić information content (AvgIpc) is 3.57. The zero-order valence-electron chi connectivity index (χ0n) is 21.1. The number of nitrogens with zero attached hydrogens (tertiary/aromatic N) is 5. The van der Waals surface area contributed by atoms with Gasteiger partial charge in [0.05, 0.1) is 29.8 Å². The van der Waals surface area contributed by atoms with Crippen molar-refractivity contribution < 1.29 is 9.13 Å². The molecule has 1 fully saturated rings. The van der Waals surface area contributed by atoms with Gasteiger partial charge in [0.1, 0.15) is 23.6 Å². The van der Waals surface area contributed by atoms with Gasteiger partial charge >= 0.3 is 0 Å². The highest BCUT2D eigenvalue weighted by Gasteiger charge is 2.26. The number of aryl methyl sites for hydroxylation is 1. The monoisotopic (exact) mass is 507 g/mol. The van der Waals surface area contributed by atoms with Crippen LogP contribution < -0.4 is 9.64 Å². The molecule has 1 aliphatic rings. The summed E-state index contributed by atoms with van der Waals surface area (Å²) in [6.45, 7) is 3.64. The van der Waals surface area contributed by atoms with Crippen molar-refractivity contribution in [1.29, 1.82) is 5.26 Å². The fourth-order valence-corrected chi connectivity index (χ4v) is 5.19. The van der Waals surface area contributed by atoms with Crippen LogP contribution in [0.25, 0.3) is 33.5 Å². The Bertz CT molecular complexity index is 1660. The Labute approximate surface area is 219 Å². The first-order valence-electron chi connectivity index (χ1n) is 12.5. The first-order chi connectivity index (χ1) is 18.5. The van der Waals surface area contributed by atoms with Crippen LogP contribution in [0.15, 0.2) is 54.9 Å². The second kappa shape index (κ2) is 9.63. The summed E-state index contributed by atoms with van der Waals surface area (Å²) < 4.78 is 19.3. The van der Waals surface area contributed by atoms with Crippen molar-refractivity contribution in [3.05, 3.63) is 77.8 Å². The number of anilines is 1. The number of rotatable bonds is 5. The van der Waals surface area contributed by atoms with Crippen molar-refractivity contribution in [3.63, 3.8) is 0 Å².